The van der Waals surface area contributed by atoms with Gasteiger partial charge in [-0.1, -0.05) is 0 Å². The molecule has 10 heteroatoms. The first-order chi connectivity index (χ1) is 14.4. The number of amides is 1. The van der Waals surface area contributed by atoms with E-state index in [2.05, 4.69) is 15.0 Å². The van der Waals surface area contributed by atoms with E-state index in [0.717, 1.165) is 29.2 Å². The van der Waals surface area contributed by atoms with Gasteiger partial charge in [0.2, 0.25) is 5.91 Å². The molecule has 0 aliphatic heterocycles. The van der Waals surface area contributed by atoms with Crippen LogP contribution in [0.3, 0.4) is 0 Å². The molecule has 3 rings (SSSR count). The van der Waals surface area contributed by atoms with E-state index in [0.29, 0.717) is 24.4 Å². The van der Waals surface area contributed by atoms with Crippen molar-refractivity contribution in [2.45, 2.75) is 24.7 Å². The van der Waals surface area contributed by atoms with Crippen molar-refractivity contribution in [3.05, 3.63) is 65.4 Å². The third-order valence-corrected chi connectivity index (χ3v) is 6.25. The Morgan fingerprint density at radius 3 is 2.50 bits per heavy atom. The molecule has 0 aliphatic carbocycles. The summed E-state index contributed by atoms with van der Waals surface area (Å²) in [5, 5.41) is 4.66. The molecule has 7 nitrogen and oxygen atoms in total. The van der Waals surface area contributed by atoms with Crippen LogP contribution in [-0.2, 0) is 21.2 Å². The highest BCUT2D eigenvalue weighted by molar-refractivity contribution is 7.93. The Kier molecular flexibility index (Phi) is 7.01. The number of hydrogen-bond acceptors (Lipinski definition) is 6. The Hall–Kier alpha value is -2.98. The zero-order valence-electron chi connectivity index (χ0n) is 16.1. The maximum absolute atomic E-state index is 13.0. The van der Waals surface area contributed by atoms with Crippen LogP contribution in [0.4, 0.5) is 15.2 Å². The summed E-state index contributed by atoms with van der Waals surface area (Å²) in [5.41, 5.74) is 1.26. The molecule has 0 saturated carbocycles. The molecule has 2 aromatic carbocycles. The van der Waals surface area contributed by atoms with Crippen molar-refractivity contribution in [1.29, 1.82) is 0 Å². The van der Waals surface area contributed by atoms with Gasteiger partial charge in [-0.2, -0.15) is 0 Å². The summed E-state index contributed by atoms with van der Waals surface area (Å²) in [6, 6.07) is 11.6. The molecule has 0 unspecified atom stereocenters. The lowest BCUT2D eigenvalue weighted by atomic mass is 10.2. The summed E-state index contributed by atoms with van der Waals surface area (Å²) in [6.07, 6.45) is 0.554. The van der Waals surface area contributed by atoms with Gasteiger partial charge in [0.05, 0.1) is 17.2 Å². The summed E-state index contributed by atoms with van der Waals surface area (Å²) in [5.74, 6) is 0.0307. The Bertz CT molecular complexity index is 1100. The summed E-state index contributed by atoms with van der Waals surface area (Å²) >= 11 is 1.12. The lowest BCUT2D eigenvalue weighted by Crippen LogP contribution is -2.13. The minimum absolute atomic E-state index is 0.0598. The molecule has 0 aliphatic rings. The second-order valence-electron chi connectivity index (χ2n) is 6.21. The lowest BCUT2D eigenvalue weighted by molar-refractivity contribution is -0.116. The van der Waals surface area contributed by atoms with Crippen LogP contribution < -0.4 is 14.8 Å². The van der Waals surface area contributed by atoms with Crippen LogP contribution in [0.5, 0.6) is 5.75 Å². The number of benzene rings is 2. The second kappa shape index (κ2) is 9.68. The number of halogens is 1. The zero-order valence-corrected chi connectivity index (χ0v) is 17.7. The highest BCUT2D eigenvalue weighted by Crippen LogP contribution is 2.21. The van der Waals surface area contributed by atoms with E-state index in [1.165, 1.54) is 12.1 Å². The molecule has 0 spiro atoms. The molecule has 1 heterocycles. The predicted octanol–water partition coefficient (Wildman–Crippen LogP) is 4.05. The number of aromatic nitrogens is 1. The van der Waals surface area contributed by atoms with Crippen LogP contribution in [0.1, 0.15) is 19.0 Å². The number of nitrogens with zero attached hydrogens (tertiary/aromatic N) is 1. The summed E-state index contributed by atoms with van der Waals surface area (Å²) in [4.78, 5) is 16.3. The Labute approximate surface area is 178 Å². The molecule has 0 radical (unpaired) electrons. The predicted molar refractivity (Wildman–Crippen MR) is 114 cm³/mol. The van der Waals surface area contributed by atoms with Crippen molar-refractivity contribution in [2.75, 3.05) is 16.6 Å². The zero-order chi connectivity index (χ0) is 21.6. The summed E-state index contributed by atoms with van der Waals surface area (Å²) in [7, 11) is -3.85. The maximum Gasteiger partial charge on any atom is 0.263 e. The smallest absolute Gasteiger partial charge is 0.263 e. The van der Waals surface area contributed by atoms with Gasteiger partial charge in [-0.05, 0) is 61.9 Å². The average Bonchev–Trinajstić information content (AvgIpc) is 3.15. The van der Waals surface area contributed by atoms with Crippen LogP contribution in [0.2, 0.25) is 0 Å². The van der Waals surface area contributed by atoms with Crippen molar-refractivity contribution < 1.29 is 22.3 Å². The van der Waals surface area contributed by atoms with Gasteiger partial charge in [0.15, 0.2) is 5.13 Å². The topological polar surface area (TPSA) is 97.4 Å². The number of nitrogens with one attached hydrogen (secondary N) is 2. The number of rotatable bonds is 9. The van der Waals surface area contributed by atoms with Gasteiger partial charge in [-0.25, -0.2) is 17.8 Å². The van der Waals surface area contributed by atoms with Crippen molar-refractivity contribution in [3.63, 3.8) is 0 Å². The normalized spacial score (nSPS) is 11.1. The summed E-state index contributed by atoms with van der Waals surface area (Å²) in [6.45, 7) is 2.47. The van der Waals surface area contributed by atoms with Crippen LogP contribution in [0.25, 0.3) is 0 Å². The van der Waals surface area contributed by atoms with Crippen molar-refractivity contribution in [1.82, 2.24) is 4.98 Å². The number of carbonyl (C=O) groups is 1. The summed E-state index contributed by atoms with van der Waals surface area (Å²) < 4.78 is 45.3. The van der Waals surface area contributed by atoms with Gasteiger partial charge in [-0.3, -0.25) is 9.52 Å². The van der Waals surface area contributed by atoms with E-state index < -0.39 is 15.8 Å². The van der Waals surface area contributed by atoms with E-state index in [4.69, 9.17) is 4.74 Å². The Morgan fingerprint density at radius 1 is 1.13 bits per heavy atom. The van der Waals surface area contributed by atoms with E-state index in [1.54, 1.807) is 29.6 Å². The number of hydrogen-bond donors (Lipinski definition) is 2. The van der Waals surface area contributed by atoms with Crippen LogP contribution in [0, 0.1) is 5.82 Å². The van der Waals surface area contributed by atoms with Crippen LogP contribution in [0.15, 0.2) is 58.8 Å². The molecule has 2 N–H and O–H groups in total. The van der Waals surface area contributed by atoms with Gasteiger partial charge >= 0.3 is 0 Å². The molecule has 0 fully saturated rings. The minimum atomic E-state index is -3.85. The van der Waals surface area contributed by atoms with Gasteiger partial charge < -0.3 is 10.1 Å². The Morgan fingerprint density at radius 2 is 1.83 bits per heavy atom. The first-order valence-electron chi connectivity index (χ1n) is 9.11. The molecule has 0 saturated heterocycles. The standard InChI is InChI=1S/C20H20FN3O4S2/c1-2-28-17-8-5-15(6-9-17)22-19(25)12-7-16-13-29-20(23-16)24-30(26,27)18-10-3-14(21)4-11-18/h3-6,8-11,13H,2,7,12H2,1H3,(H,22,25)(H,23,24). The fourth-order valence-corrected chi connectivity index (χ4v) is 4.52. The molecular weight excluding hydrogens is 429 g/mol. The monoisotopic (exact) mass is 449 g/mol. The first kappa shape index (κ1) is 21.7. The third kappa shape index (κ3) is 6.01. The fraction of sp³-hybridized carbons (Fsp3) is 0.200. The number of aryl methyl sites for hydroxylation is 1. The third-order valence-electron chi connectivity index (χ3n) is 3.95. The largest absolute Gasteiger partial charge is 0.494 e. The van der Waals surface area contributed by atoms with E-state index in [1.807, 2.05) is 6.92 Å². The van der Waals surface area contributed by atoms with Gasteiger partial charge in [0, 0.05) is 17.5 Å². The number of carbonyl (C=O) groups excluding carboxylic acids is 1. The molecule has 0 atom stereocenters. The van der Waals surface area contributed by atoms with Gasteiger partial charge in [0.1, 0.15) is 11.6 Å². The Balaban J connectivity index is 1.52. The number of anilines is 2. The number of thiazole rings is 1. The van der Waals surface area contributed by atoms with E-state index in [-0.39, 0.29) is 22.4 Å². The van der Waals surface area contributed by atoms with Crippen molar-refractivity contribution >= 4 is 38.1 Å². The second-order valence-corrected chi connectivity index (χ2v) is 8.75. The molecule has 30 heavy (non-hydrogen) atoms. The first-order valence-corrected chi connectivity index (χ1v) is 11.5. The SMILES string of the molecule is CCOc1ccc(NC(=O)CCc2csc(NS(=O)(=O)c3ccc(F)cc3)n2)cc1. The maximum atomic E-state index is 13.0. The van der Waals surface area contributed by atoms with Crippen LogP contribution in [-0.4, -0.2) is 25.9 Å². The molecule has 1 amide bonds. The lowest BCUT2D eigenvalue weighted by Gasteiger charge is -2.07. The van der Waals surface area contributed by atoms with Crippen molar-refractivity contribution in [3.8, 4) is 5.75 Å². The molecule has 3 aromatic rings. The molecule has 158 valence electrons. The van der Waals surface area contributed by atoms with Gasteiger partial charge in [-0.15, -0.1) is 11.3 Å². The molecule has 0 bridgehead atoms. The molecule has 1 aromatic heterocycles. The minimum Gasteiger partial charge on any atom is -0.494 e. The molecular formula is C20H20FN3O4S2. The highest BCUT2D eigenvalue weighted by Gasteiger charge is 2.16. The van der Waals surface area contributed by atoms with E-state index >= 15 is 0 Å². The van der Waals surface area contributed by atoms with Crippen LogP contribution >= 0.6 is 11.3 Å². The number of ether oxygens (including phenoxy) is 1. The van der Waals surface area contributed by atoms with E-state index in [9.17, 15) is 17.6 Å². The quantitative estimate of drug-likeness (QED) is 0.514. The highest BCUT2D eigenvalue weighted by atomic mass is 32.2. The average molecular weight is 450 g/mol. The van der Waals surface area contributed by atoms with Gasteiger partial charge in [0.25, 0.3) is 10.0 Å². The van der Waals surface area contributed by atoms with Crippen molar-refractivity contribution in [2.24, 2.45) is 0 Å². The fourth-order valence-electron chi connectivity index (χ4n) is 2.52. The number of sulfonamides is 1.